The lowest BCUT2D eigenvalue weighted by Crippen LogP contribution is -1.95. The van der Waals surface area contributed by atoms with Gasteiger partial charge in [-0.05, 0) is 24.3 Å². The van der Waals surface area contributed by atoms with Crippen LogP contribution in [0, 0.1) is 5.82 Å². The molecule has 0 radical (unpaired) electrons. The van der Waals surface area contributed by atoms with E-state index in [2.05, 4.69) is 15.1 Å². The van der Waals surface area contributed by atoms with Crippen molar-refractivity contribution in [3.05, 3.63) is 36.4 Å². The second-order valence-corrected chi connectivity index (χ2v) is 3.94. The minimum atomic E-state index is -0.289. The van der Waals surface area contributed by atoms with Gasteiger partial charge in [0, 0.05) is 12.6 Å². The van der Waals surface area contributed by atoms with Gasteiger partial charge in [-0.2, -0.15) is 5.10 Å². The van der Waals surface area contributed by atoms with Crippen LogP contribution in [0.2, 0.25) is 0 Å². The van der Waals surface area contributed by atoms with Crippen LogP contribution in [-0.4, -0.2) is 19.7 Å². The van der Waals surface area contributed by atoms with E-state index >= 15 is 0 Å². The van der Waals surface area contributed by atoms with Gasteiger partial charge in [0.05, 0.1) is 5.39 Å². The van der Waals surface area contributed by atoms with Gasteiger partial charge in [-0.25, -0.2) is 19.0 Å². The van der Waals surface area contributed by atoms with Gasteiger partial charge < -0.3 is 5.73 Å². The van der Waals surface area contributed by atoms with Gasteiger partial charge in [-0.15, -0.1) is 0 Å². The summed E-state index contributed by atoms with van der Waals surface area (Å²) in [6.45, 7) is 0. The summed E-state index contributed by atoms with van der Waals surface area (Å²) in [5, 5.41) is 5.05. The fourth-order valence-electron chi connectivity index (χ4n) is 1.92. The number of fused-ring (bicyclic) bond motifs is 1. The molecule has 2 aromatic heterocycles. The molecule has 0 unspecified atom stereocenters. The Morgan fingerprint density at radius 3 is 2.61 bits per heavy atom. The van der Waals surface area contributed by atoms with Crippen molar-refractivity contribution in [3.63, 3.8) is 0 Å². The predicted octanol–water partition coefficient (Wildman–Crippen LogP) is 1.75. The van der Waals surface area contributed by atoms with Crippen LogP contribution >= 0.6 is 0 Å². The Balaban J connectivity index is 2.32. The molecule has 1 aromatic carbocycles. The summed E-state index contributed by atoms with van der Waals surface area (Å²) in [4.78, 5) is 8.10. The molecule has 0 spiro atoms. The van der Waals surface area contributed by atoms with Gasteiger partial charge in [0.15, 0.2) is 5.65 Å². The number of hydrogen-bond acceptors (Lipinski definition) is 4. The number of rotatable bonds is 1. The first-order valence-electron chi connectivity index (χ1n) is 5.36. The third-order valence-electron chi connectivity index (χ3n) is 2.77. The Labute approximate surface area is 102 Å². The molecule has 2 N–H and O–H groups in total. The zero-order valence-corrected chi connectivity index (χ0v) is 9.63. The number of nitrogens with two attached hydrogens (primary N) is 1. The maximum Gasteiger partial charge on any atom is 0.163 e. The largest absolute Gasteiger partial charge is 0.383 e. The van der Waals surface area contributed by atoms with E-state index in [9.17, 15) is 4.39 Å². The quantitative estimate of drug-likeness (QED) is 0.707. The van der Waals surface area contributed by atoms with Crippen molar-refractivity contribution in [2.24, 2.45) is 7.05 Å². The summed E-state index contributed by atoms with van der Waals surface area (Å²) < 4.78 is 14.6. The van der Waals surface area contributed by atoms with Gasteiger partial charge in [0.25, 0.3) is 0 Å². The van der Waals surface area contributed by atoms with Crippen LogP contribution in [0.25, 0.3) is 22.3 Å². The fraction of sp³-hybridized carbons (Fsp3) is 0.0833. The van der Waals surface area contributed by atoms with Crippen LogP contribution in [0.1, 0.15) is 0 Å². The van der Waals surface area contributed by atoms with Crippen molar-refractivity contribution in [1.82, 2.24) is 19.7 Å². The molecule has 0 amide bonds. The Kier molecular flexibility index (Phi) is 2.22. The second-order valence-electron chi connectivity index (χ2n) is 3.94. The fourth-order valence-corrected chi connectivity index (χ4v) is 1.92. The van der Waals surface area contributed by atoms with Gasteiger partial charge in [-0.3, -0.25) is 0 Å². The van der Waals surface area contributed by atoms with E-state index in [1.807, 2.05) is 0 Å². The van der Waals surface area contributed by atoms with Crippen LogP contribution in [0.4, 0.5) is 10.2 Å². The van der Waals surface area contributed by atoms with E-state index in [0.717, 1.165) is 5.56 Å². The zero-order valence-electron chi connectivity index (χ0n) is 9.63. The third-order valence-corrected chi connectivity index (χ3v) is 2.77. The lowest BCUT2D eigenvalue weighted by atomic mass is 10.1. The molecule has 5 nitrogen and oxygen atoms in total. The van der Waals surface area contributed by atoms with Crippen LogP contribution in [-0.2, 0) is 7.05 Å². The molecule has 0 saturated carbocycles. The van der Waals surface area contributed by atoms with E-state index in [0.29, 0.717) is 22.5 Å². The molecular weight excluding hydrogens is 233 g/mol. The Hall–Kier alpha value is -2.50. The molecule has 3 rings (SSSR count). The van der Waals surface area contributed by atoms with E-state index < -0.39 is 0 Å². The van der Waals surface area contributed by atoms with Gasteiger partial charge in [0.2, 0.25) is 0 Å². The smallest absolute Gasteiger partial charge is 0.163 e. The van der Waals surface area contributed by atoms with Gasteiger partial charge >= 0.3 is 0 Å². The topological polar surface area (TPSA) is 69.6 Å². The molecule has 0 atom stereocenters. The second kappa shape index (κ2) is 3.76. The van der Waals surface area contributed by atoms with Crippen molar-refractivity contribution in [2.75, 3.05) is 5.73 Å². The third kappa shape index (κ3) is 1.50. The molecule has 0 bridgehead atoms. The Morgan fingerprint density at radius 1 is 1.17 bits per heavy atom. The Morgan fingerprint density at radius 2 is 1.89 bits per heavy atom. The molecule has 6 heteroatoms. The highest BCUT2D eigenvalue weighted by Gasteiger charge is 2.14. The molecule has 2 heterocycles. The number of nitrogens with zero attached hydrogens (tertiary/aromatic N) is 4. The summed E-state index contributed by atoms with van der Waals surface area (Å²) in [6, 6.07) is 6.08. The number of benzene rings is 1. The maximum absolute atomic E-state index is 12.9. The number of halogens is 1. The molecule has 3 aromatic rings. The average Bonchev–Trinajstić information content (AvgIpc) is 2.70. The highest BCUT2D eigenvalue weighted by atomic mass is 19.1. The first-order chi connectivity index (χ1) is 8.66. The maximum atomic E-state index is 12.9. The van der Waals surface area contributed by atoms with Crippen molar-refractivity contribution in [2.45, 2.75) is 0 Å². The lowest BCUT2D eigenvalue weighted by molar-refractivity contribution is 0.628. The summed E-state index contributed by atoms with van der Waals surface area (Å²) in [5.41, 5.74) is 7.95. The van der Waals surface area contributed by atoms with E-state index in [1.54, 1.807) is 23.9 Å². The highest BCUT2D eigenvalue weighted by Crippen LogP contribution is 2.29. The van der Waals surface area contributed by atoms with Crippen LogP contribution < -0.4 is 5.73 Å². The predicted molar refractivity (Wildman–Crippen MR) is 66.1 cm³/mol. The molecule has 0 aliphatic heterocycles. The van der Waals surface area contributed by atoms with Crippen molar-refractivity contribution in [1.29, 1.82) is 0 Å². The zero-order chi connectivity index (χ0) is 12.7. The minimum Gasteiger partial charge on any atom is -0.383 e. The van der Waals surface area contributed by atoms with Crippen molar-refractivity contribution >= 4 is 16.9 Å². The van der Waals surface area contributed by atoms with E-state index in [4.69, 9.17) is 5.73 Å². The molecule has 90 valence electrons. The summed E-state index contributed by atoms with van der Waals surface area (Å²) >= 11 is 0. The molecule has 0 aliphatic carbocycles. The Bertz CT molecular complexity index is 717. The monoisotopic (exact) mass is 243 g/mol. The molecule has 0 saturated heterocycles. The first-order valence-corrected chi connectivity index (χ1v) is 5.36. The average molecular weight is 243 g/mol. The van der Waals surface area contributed by atoms with Crippen LogP contribution in [0.5, 0.6) is 0 Å². The minimum absolute atomic E-state index is 0.289. The SMILES string of the molecule is Cn1nc(-c2ccc(F)cc2)c2c(N)ncnc21. The molecule has 0 fully saturated rings. The standard InChI is InChI=1S/C12H10FN5/c1-18-12-9(11(14)15-6-16-12)10(17-18)7-2-4-8(13)5-3-7/h2-6H,1H3,(H2,14,15,16). The number of aryl methyl sites for hydroxylation is 1. The van der Waals surface area contributed by atoms with E-state index in [1.165, 1.54) is 18.5 Å². The van der Waals surface area contributed by atoms with Crippen LogP contribution in [0.3, 0.4) is 0 Å². The highest BCUT2D eigenvalue weighted by molar-refractivity contribution is 5.98. The van der Waals surface area contributed by atoms with Gasteiger partial charge in [-0.1, -0.05) is 0 Å². The number of anilines is 1. The van der Waals surface area contributed by atoms with Crippen molar-refractivity contribution in [3.8, 4) is 11.3 Å². The number of aromatic nitrogens is 4. The molecule has 18 heavy (non-hydrogen) atoms. The summed E-state index contributed by atoms with van der Waals surface area (Å²) in [6.07, 6.45) is 1.40. The van der Waals surface area contributed by atoms with Crippen LogP contribution in [0.15, 0.2) is 30.6 Å². The normalized spacial score (nSPS) is 11.0. The lowest BCUT2D eigenvalue weighted by Gasteiger charge is -1.99. The van der Waals surface area contributed by atoms with Crippen molar-refractivity contribution < 1.29 is 4.39 Å². The van der Waals surface area contributed by atoms with E-state index in [-0.39, 0.29) is 5.82 Å². The number of nitrogen functional groups attached to an aromatic ring is 1. The number of hydrogen-bond donors (Lipinski definition) is 1. The summed E-state index contributed by atoms with van der Waals surface area (Å²) in [5.74, 6) is 0.0793. The molecule has 0 aliphatic rings. The summed E-state index contributed by atoms with van der Waals surface area (Å²) in [7, 11) is 1.78. The first kappa shape index (κ1) is 10.6. The molecular formula is C12H10FN5. The van der Waals surface area contributed by atoms with Gasteiger partial charge in [0.1, 0.15) is 23.7 Å².